The molecular formula is C11H17ClN2O4S. The molecule has 0 aliphatic carbocycles. The molecule has 0 spiro atoms. The largest absolute Gasteiger partial charge is 0.448 e. The van der Waals surface area contributed by atoms with E-state index in [4.69, 9.17) is 11.5 Å². The monoisotopic (exact) mass is 308 g/mol. The molecule has 1 rings (SSSR count). The van der Waals surface area contributed by atoms with Crippen LogP contribution in [0.25, 0.3) is 0 Å². The van der Waals surface area contributed by atoms with Gasteiger partial charge >= 0.3 is 6.09 Å². The van der Waals surface area contributed by atoms with Crippen molar-refractivity contribution in [3.05, 3.63) is 29.8 Å². The topological polar surface area (TPSA) is 112 Å². The Kier molecular flexibility index (Phi) is 6.82. The van der Waals surface area contributed by atoms with Gasteiger partial charge in [0.2, 0.25) is 0 Å². The molecule has 0 aliphatic rings. The lowest BCUT2D eigenvalue weighted by atomic mass is 10.1. The van der Waals surface area contributed by atoms with Crippen molar-refractivity contribution in [2.45, 2.75) is 17.9 Å². The number of ether oxygens (including phenoxy) is 1. The van der Waals surface area contributed by atoms with Crippen LogP contribution in [0.2, 0.25) is 0 Å². The maximum absolute atomic E-state index is 11.6. The minimum Gasteiger partial charge on any atom is -0.448 e. The minimum absolute atomic E-state index is 0. The molecular weight excluding hydrogens is 292 g/mol. The first-order valence-corrected chi connectivity index (χ1v) is 7.02. The van der Waals surface area contributed by atoms with Gasteiger partial charge in [-0.3, -0.25) is 0 Å². The number of sulfone groups is 1. The van der Waals surface area contributed by atoms with Crippen molar-refractivity contribution in [1.29, 1.82) is 0 Å². The van der Waals surface area contributed by atoms with Crippen LogP contribution in [0.5, 0.6) is 0 Å². The van der Waals surface area contributed by atoms with E-state index >= 15 is 0 Å². The Morgan fingerprint density at radius 1 is 1.32 bits per heavy atom. The molecule has 6 nitrogen and oxygen atoms in total. The smallest absolute Gasteiger partial charge is 0.404 e. The van der Waals surface area contributed by atoms with E-state index in [1.165, 1.54) is 12.1 Å². The van der Waals surface area contributed by atoms with Crippen LogP contribution >= 0.6 is 12.4 Å². The fraction of sp³-hybridized carbons (Fsp3) is 0.364. The summed E-state index contributed by atoms with van der Waals surface area (Å²) in [5.41, 5.74) is 11.2. The lowest BCUT2D eigenvalue weighted by molar-refractivity contribution is 0.149. The van der Waals surface area contributed by atoms with Gasteiger partial charge in [0.05, 0.1) is 16.7 Å². The van der Waals surface area contributed by atoms with Crippen molar-refractivity contribution in [3.8, 4) is 0 Å². The summed E-state index contributed by atoms with van der Waals surface area (Å²) in [4.78, 5) is 10.7. The van der Waals surface area contributed by atoms with Crippen molar-refractivity contribution < 1.29 is 17.9 Å². The third-order valence-corrected chi connectivity index (χ3v) is 4.20. The van der Waals surface area contributed by atoms with Gasteiger partial charge in [-0.2, -0.15) is 0 Å². The normalized spacial score (nSPS) is 12.3. The summed E-state index contributed by atoms with van der Waals surface area (Å²) in [6, 6.07) is 5.63. The predicted octanol–water partition coefficient (Wildman–Crippen LogP) is 0.997. The highest BCUT2D eigenvalue weighted by molar-refractivity contribution is 7.91. The lowest BCUT2D eigenvalue weighted by Crippen LogP contribution is -2.22. The summed E-state index contributed by atoms with van der Waals surface area (Å²) in [7, 11) is -3.21. The first kappa shape index (κ1) is 17.7. The number of hydrogen-bond acceptors (Lipinski definition) is 5. The number of carbonyl (C=O) groups is 1. The van der Waals surface area contributed by atoms with E-state index in [0.29, 0.717) is 5.56 Å². The molecule has 0 saturated carbocycles. The summed E-state index contributed by atoms with van der Waals surface area (Å²) in [5, 5.41) is 0. The molecule has 0 fully saturated rings. The van der Waals surface area contributed by atoms with Gasteiger partial charge in [0.1, 0.15) is 6.61 Å². The molecule has 0 heterocycles. The van der Waals surface area contributed by atoms with Gasteiger partial charge in [-0.15, -0.1) is 12.4 Å². The second-order valence-electron chi connectivity index (χ2n) is 3.71. The Bertz CT molecular complexity index is 516. The Hall–Kier alpha value is -1.31. The number of hydrogen-bond donors (Lipinski definition) is 2. The first-order chi connectivity index (χ1) is 8.36. The highest BCUT2D eigenvalue weighted by atomic mass is 35.5. The molecule has 0 radical (unpaired) electrons. The molecule has 1 atom stereocenters. The molecule has 1 aromatic rings. The molecule has 19 heavy (non-hydrogen) atoms. The van der Waals surface area contributed by atoms with Gasteiger partial charge in [0.15, 0.2) is 9.84 Å². The second kappa shape index (κ2) is 7.32. The molecule has 1 amide bonds. The second-order valence-corrected chi connectivity index (χ2v) is 5.99. The van der Waals surface area contributed by atoms with Crippen LogP contribution in [0.1, 0.15) is 18.5 Å². The van der Waals surface area contributed by atoms with E-state index in [9.17, 15) is 13.2 Å². The zero-order chi connectivity index (χ0) is 13.8. The van der Waals surface area contributed by atoms with E-state index in [1.54, 1.807) is 19.1 Å². The Labute approximate surface area is 118 Å². The van der Waals surface area contributed by atoms with Crippen LogP contribution in [0, 0.1) is 0 Å². The molecule has 8 heteroatoms. The maximum Gasteiger partial charge on any atom is 0.404 e. The average molecular weight is 309 g/mol. The first-order valence-electron chi connectivity index (χ1n) is 5.37. The van der Waals surface area contributed by atoms with Crippen LogP contribution in [0.3, 0.4) is 0 Å². The van der Waals surface area contributed by atoms with E-state index in [2.05, 4.69) is 4.74 Å². The van der Waals surface area contributed by atoms with Crippen molar-refractivity contribution >= 4 is 28.3 Å². The van der Waals surface area contributed by atoms with Gasteiger partial charge in [-0.25, -0.2) is 13.2 Å². The molecule has 0 saturated heterocycles. The zero-order valence-corrected chi connectivity index (χ0v) is 12.0. The average Bonchev–Trinajstić information content (AvgIpc) is 2.36. The molecule has 1 aromatic carbocycles. The van der Waals surface area contributed by atoms with Crippen LogP contribution in [0.4, 0.5) is 4.79 Å². The molecule has 0 bridgehead atoms. The summed E-state index contributed by atoms with van der Waals surface area (Å²) in [5.74, 6) is 0.0448. The quantitative estimate of drug-likeness (QED) is 0.842. The number of benzene rings is 1. The summed E-state index contributed by atoms with van der Waals surface area (Å²) >= 11 is 0. The molecule has 4 N–H and O–H groups in total. The minimum atomic E-state index is -3.21. The number of primary amides is 1. The third kappa shape index (κ3) is 5.06. The van der Waals surface area contributed by atoms with Crippen LogP contribution in [0.15, 0.2) is 29.2 Å². The molecule has 0 unspecified atom stereocenters. The van der Waals surface area contributed by atoms with Crippen molar-refractivity contribution in [2.75, 3.05) is 12.4 Å². The number of halogens is 1. The van der Waals surface area contributed by atoms with Crippen LogP contribution in [-0.4, -0.2) is 26.9 Å². The van der Waals surface area contributed by atoms with E-state index < -0.39 is 22.0 Å². The predicted molar refractivity (Wildman–Crippen MR) is 73.9 cm³/mol. The Balaban J connectivity index is 0.00000324. The molecule has 0 aliphatic heterocycles. The standard InChI is InChI=1S/C11H16N2O4S.ClH/c1-2-18(15,16)9-5-3-8(4-6-9)10(12)7-17-11(13)14;/h3-6,10H,2,7,12H2,1H3,(H2,13,14);1H/t10-;/m0./s1. The lowest BCUT2D eigenvalue weighted by Gasteiger charge is -2.12. The highest BCUT2D eigenvalue weighted by Gasteiger charge is 2.13. The number of rotatable bonds is 5. The fourth-order valence-corrected chi connectivity index (χ4v) is 2.24. The van der Waals surface area contributed by atoms with E-state index in [-0.39, 0.29) is 29.7 Å². The van der Waals surface area contributed by atoms with Crippen molar-refractivity contribution in [1.82, 2.24) is 0 Å². The highest BCUT2D eigenvalue weighted by Crippen LogP contribution is 2.16. The van der Waals surface area contributed by atoms with Gasteiger partial charge in [0, 0.05) is 0 Å². The maximum atomic E-state index is 11.6. The summed E-state index contributed by atoms with van der Waals surface area (Å²) < 4.78 is 27.7. The molecule has 108 valence electrons. The van der Waals surface area contributed by atoms with Gasteiger partial charge in [-0.05, 0) is 17.7 Å². The summed E-state index contributed by atoms with van der Waals surface area (Å²) in [6.45, 7) is 1.53. The van der Waals surface area contributed by atoms with Crippen molar-refractivity contribution in [2.24, 2.45) is 11.5 Å². The number of nitrogens with two attached hydrogens (primary N) is 2. The van der Waals surface area contributed by atoms with Crippen molar-refractivity contribution in [3.63, 3.8) is 0 Å². The zero-order valence-electron chi connectivity index (χ0n) is 10.4. The van der Waals surface area contributed by atoms with Crippen LogP contribution < -0.4 is 11.5 Å². The fourth-order valence-electron chi connectivity index (χ4n) is 1.36. The Morgan fingerprint density at radius 3 is 2.26 bits per heavy atom. The van der Waals surface area contributed by atoms with E-state index in [0.717, 1.165) is 0 Å². The van der Waals surface area contributed by atoms with Crippen LogP contribution in [-0.2, 0) is 14.6 Å². The number of carbonyl (C=O) groups excluding carboxylic acids is 1. The van der Waals surface area contributed by atoms with Gasteiger partial charge in [-0.1, -0.05) is 19.1 Å². The SMILES string of the molecule is CCS(=O)(=O)c1ccc([C@@H](N)COC(N)=O)cc1.Cl. The number of amides is 1. The van der Waals surface area contributed by atoms with Gasteiger partial charge in [0.25, 0.3) is 0 Å². The Morgan fingerprint density at radius 2 is 1.84 bits per heavy atom. The molecule has 0 aromatic heterocycles. The van der Waals surface area contributed by atoms with Gasteiger partial charge < -0.3 is 16.2 Å². The van der Waals surface area contributed by atoms with E-state index in [1.807, 2.05) is 0 Å². The summed E-state index contributed by atoms with van der Waals surface area (Å²) in [6.07, 6.45) is -0.893. The third-order valence-electron chi connectivity index (χ3n) is 2.45.